The molecule has 1 aliphatic heterocycles. The van der Waals surface area contributed by atoms with E-state index < -0.39 is 5.60 Å². The predicted octanol–water partition coefficient (Wildman–Crippen LogP) is 1.60. The van der Waals surface area contributed by atoms with Crippen LogP contribution < -0.4 is 4.74 Å². The van der Waals surface area contributed by atoms with Crippen LogP contribution in [0.5, 0.6) is 5.75 Å². The Morgan fingerprint density at radius 3 is 2.74 bits per heavy atom. The molecule has 0 aliphatic carbocycles. The minimum Gasteiger partial charge on any atom is -0.493 e. The second kappa shape index (κ2) is 5.92. The molecule has 0 spiro atoms. The van der Waals surface area contributed by atoms with Gasteiger partial charge in [0.05, 0.1) is 13.3 Å². The summed E-state index contributed by atoms with van der Waals surface area (Å²) >= 11 is 0. The lowest BCUT2D eigenvalue weighted by atomic mass is 9.90. The molecular weight excluding hydrogens is 242 g/mol. The Morgan fingerprint density at radius 2 is 2.11 bits per heavy atom. The maximum Gasteiger partial charge on any atom is 0.162 e. The van der Waals surface area contributed by atoms with E-state index in [-0.39, 0.29) is 0 Å². The van der Waals surface area contributed by atoms with Gasteiger partial charge in [-0.05, 0) is 39.3 Å². The molecule has 0 aromatic carbocycles. The van der Waals surface area contributed by atoms with Crippen LogP contribution in [0.15, 0.2) is 6.20 Å². The summed E-state index contributed by atoms with van der Waals surface area (Å²) in [5.74, 6) is 0.703. The van der Waals surface area contributed by atoms with Crippen molar-refractivity contribution in [3.63, 3.8) is 0 Å². The third-order valence-corrected chi connectivity index (χ3v) is 4.12. The van der Waals surface area contributed by atoms with Crippen LogP contribution in [-0.4, -0.2) is 46.5 Å². The van der Waals surface area contributed by atoms with Crippen LogP contribution in [0.1, 0.15) is 38.8 Å². The van der Waals surface area contributed by atoms with Gasteiger partial charge in [0.2, 0.25) is 0 Å². The fraction of sp³-hybridized carbons (Fsp3) is 0.786. The summed E-state index contributed by atoms with van der Waals surface area (Å²) in [6.45, 7) is 7.97. The molecule has 1 aromatic heterocycles. The zero-order chi connectivity index (χ0) is 13.9. The molecule has 0 radical (unpaired) electrons. The normalized spacial score (nSPS) is 25.3. The van der Waals surface area contributed by atoms with Crippen molar-refractivity contribution in [2.75, 3.05) is 26.7 Å². The van der Waals surface area contributed by atoms with Crippen molar-refractivity contribution in [1.29, 1.82) is 0 Å². The van der Waals surface area contributed by atoms with Crippen molar-refractivity contribution in [2.24, 2.45) is 0 Å². The smallest absolute Gasteiger partial charge is 0.162 e. The number of hydrogen-bond acceptors (Lipinski definition) is 4. The maximum atomic E-state index is 11.1. The van der Waals surface area contributed by atoms with Gasteiger partial charge in [0.1, 0.15) is 11.3 Å². The molecule has 1 N–H and O–H groups in total. The summed E-state index contributed by atoms with van der Waals surface area (Å²) in [7, 11) is 1.64. The van der Waals surface area contributed by atoms with Gasteiger partial charge in [0.25, 0.3) is 0 Å². The third-order valence-electron chi connectivity index (χ3n) is 4.12. The van der Waals surface area contributed by atoms with Crippen molar-refractivity contribution in [1.82, 2.24) is 14.7 Å². The second-order valence-corrected chi connectivity index (χ2v) is 5.20. The topological polar surface area (TPSA) is 50.5 Å². The van der Waals surface area contributed by atoms with Gasteiger partial charge in [-0.3, -0.25) is 4.68 Å². The molecule has 1 aromatic rings. The minimum atomic E-state index is -0.818. The molecule has 2 rings (SSSR count). The Hall–Kier alpha value is -1.07. The van der Waals surface area contributed by atoms with Crippen molar-refractivity contribution in [3.8, 4) is 5.75 Å². The van der Waals surface area contributed by atoms with Crippen molar-refractivity contribution >= 4 is 0 Å². The molecule has 1 aliphatic rings. The molecule has 19 heavy (non-hydrogen) atoms. The summed E-state index contributed by atoms with van der Waals surface area (Å²) < 4.78 is 7.24. The Kier molecular flexibility index (Phi) is 4.47. The molecule has 1 saturated heterocycles. The van der Waals surface area contributed by atoms with Gasteiger partial charge >= 0.3 is 0 Å². The molecule has 2 heterocycles. The van der Waals surface area contributed by atoms with Crippen LogP contribution in [0.2, 0.25) is 0 Å². The number of aliphatic hydroxyl groups is 1. The Morgan fingerprint density at radius 1 is 1.32 bits per heavy atom. The minimum absolute atomic E-state index is 0.703. The SMILES string of the molecule is CCN1CCCC(O)(c2c(OC)cnn2CC)CC1. The van der Waals surface area contributed by atoms with E-state index in [9.17, 15) is 5.11 Å². The lowest BCUT2D eigenvalue weighted by Gasteiger charge is -2.28. The van der Waals surface area contributed by atoms with Crippen LogP contribution in [0, 0.1) is 0 Å². The van der Waals surface area contributed by atoms with Gasteiger partial charge < -0.3 is 14.7 Å². The van der Waals surface area contributed by atoms with Gasteiger partial charge in [0.15, 0.2) is 5.75 Å². The zero-order valence-electron chi connectivity index (χ0n) is 12.2. The second-order valence-electron chi connectivity index (χ2n) is 5.20. The number of methoxy groups -OCH3 is 1. The first-order valence-corrected chi connectivity index (χ1v) is 7.19. The van der Waals surface area contributed by atoms with Gasteiger partial charge in [-0.25, -0.2) is 0 Å². The zero-order valence-corrected chi connectivity index (χ0v) is 12.2. The molecule has 0 saturated carbocycles. The fourth-order valence-corrected chi connectivity index (χ4v) is 2.95. The molecule has 1 fully saturated rings. The van der Waals surface area contributed by atoms with Gasteiger partial charge in [-0.15, -0.1) is 0 Å². The number of rotatable bonds is 4. The summed E-state index contributed by atoms with van der Waals surface area (Å²) in [6.07, 6.45) is 4.22. The molecule has 0 amide bonds. The molecule has 0 bridgehead atoms. The Bertz CT molecular complexity index is 397. The van der Waals surface area contributed by atoms with Crippen molar-refractivity contribution < 1.29 is 9.84 Å². The van der Waals surface area contributed by atoms with Crippen LogP contribution >= 0.6 is 0 Å². The molecule has 1 unspecified atom stereocenters. The van der Waals surface area contributed by atoms with Gasteiger partial charge in [-0.1, -0.05) is 6.92 Å². The molecule has 108 valence electrons. The summed E-state index contributed by atoms with van der Waals surface area (Å²) in [4.78, 5) is 2.39. The highest BCUT2D eigenvalue weighted by atomic mass is 16.5. The summed E-state index contributed by atoms with van der Waals surface area (Å²) in [6, 6.07) is 0. The molecule has 5 nitrogen and oxygen atoms in total. The van der Waals surface area contributed by atoms with E-state index in [2.05, 4.69) is 16.9 Å². The highest BCUT2D eigenvalue weighted by molar-refractivity contribution is 5.31. The van der Waals surface area contributed by atoms with Crippen molar-refractivity contribution in [2.45, 2.75) is 45.3 Å². The van der Waals surface area contributed by atoms with E-state index in [0.29, 0.717) is 5.75 Å². The lowest BCUT2D eigenvalue weighted by molar-refractivity contribution is 0.0105. The van der Waals surface area contributed by atoms with E-state index in [0.717, 1.165) is 51.1 Å². The largest absolute Gasteiger partial charge is 0.493 e. The van der Waals surface area contributed by atoms with E-state index in [1.165, 1.54) is 0 Å². The number of aryl methyl sites for hydroxylation is 1. The standard InChI is InChI=1S/C14H25N3O2/c1-4-16-9-6-7-14(18,8-10-16)13-12(19-3)11-15-17(13)5-2/h11,18H,4-10H2,1-3H3. The van der Waals surface area contributed by atoms with E-state index in [1.807, 2.05) is 11.6 Å². The fourth-order valence-electron chi connectivity index (χ4n) is 2.95. The van der Waals surface area contributed by atoms with E-state index in [1.54, 1.807) is 13.3 Å². The summed E-state index contributed by atoms with van der Waals surface area (Å²) in [5, 5.41) is 15.4. The average molecular weight is 267 g/mol. The number of hydrogen-bond donors (Lipinski definition) is 1. The first-order chi connectivity index (χ1) is 9.14. The monoisotopic (exact) mass is 267 g/mol. The Labute approximate surface area is 115 Å². The predicted molar refractivity (Wildman–Crippen MR) is 74.3 cm³/mol. The van der Waals surface area contributed by atoms with Crippen LogP contribution in [0.3, 0.4) is 0 Å². The molecule has 1 atom stereocenters. The number of nitrogens with zero attached hydrogens (tertiary/aromatic N) is 3. The molecular formula is C14H25N3O2. The number of ether oxygens (including phenoxy) is 1. The first kappa shape index (κ1) is 14.3. The lowest BCUT2D eigenvalue weighted by Crippen LogP contribution is -2.31. The first-order valence-electron chi connectivity index (χ1n) is 7.19. The molecule has 5 heteroatoms. The number of likely N-dealkylation sites (tertiary alicyclic amines) is 1. The maximum absolute atomic E-state index is 11.1. The quantitative estimate of drug-likeness (QED) is 0.900. The van der Waals surface area contributed by atoms with Crippen LogP contribution in [0.4, 0.5) is 0 Å². The average Bonchev–Trinajstić information content (AvgIpc) is 2.76. The van der Waals surface area contributed by atoms with E-state index in [4.69, 9.17) is 4.74 Å². The van der Waals surface area contributed by atoms with Gasteiger partial charge in [0, 0.05) is 13.1 Å². The third kappa shape index (κ3) is 2.77. The highest BCUT2D eigenvalue weighted by Crippen LogP contribution is 2.37. The Balaban J connectivity index is 2.30. The van der Waals surface area contributed by atoms with Crippen LogP contribution in [0.25, 0.3) is 0 Å². The highest BCUT2D eigenvalue weighted by Gasteiger charge is 2.37. The number of aromatic nitrogens is 2. The summed E-state index contributed by atoms with van der Waals surface area (Å²) in [5.41, 5.74) is 0.0253. The van der Waals surface area contributed by atoms with Crippen molar-refractivity contribution in [3.05, 3.63) is 11.9 Å². The van der Waals surface area contributed by atoms with Gasteiger partial charge in [-0.2, -0.15) is 5.10 Å². The van der Waals surface area contributed by atoms with E-state index >= 15 is 0 Å². The van der Waals surface area contributed by atoms with Crippen LogP contribution in [-0.2, 0) is 12.1 Å².